The summed E-state index contributed by atoms with van der Waals surface area (Å²) in [4.78, 5) is 57.4. The molecule has 53 heavy (non-hydrogen) atoms. The Morgan fingerprint density at radius 1 is 0.962 bits per heavy atom. The van der Waals surface area contributed by atoms with E-state index in [1.165, 1.54) is 6.07 Å². The third kappa shape index (κ3) is 7.92. The van der Waals surface area contributed by atoms with Crippen molar-refractivity contribution in [3.63, 3.8) is 0 Å². The van der Waals surface area contributed by atoms with E-state index in [0.29, 0.717) is 31.2 Å². The van der Waals surface area contributed by atoms with Crippen molar-refractivity contribution in [1.29, 1.82) is 0 Å². The summed E-state index contributed by atoms with van der Waals surface area (Å²) in [5, 5.41) is 13.3. The van der Waals surface area contributed by atoms with E-state index < -0.39 is 18.0 Å². The minimum Gasteiger partial charge on any atom is -0.508 e. The molecule has 4 aliphatic heterocycles. The maximum atomic E-state index is 15.3. The number of likely N-dealkylation sites (N-methyl/N-ethyl adjacent to an activating group) is 1. The molecule has 2 aromatic carbocycles. The molecule has 1 aromatic heterocycles. The number of hydrazine groups is 1. The summed E-state index contributed by atoms with van der Waals surface area (Å²) in [5.41, 5.74) is 2.31. The molecule has 0 bridgehead atoms. The lowest BCUT2D eigenvalue weighted by atomic mass is 9.98. The first-order valence-electron chi connectivity index (χ1n) is 18.7. The second kappa shape index (κ2) is 16.0. The highest BCUT2D eigenvalue weighted by atomic mass is 19.1. The number of aromatic hydroxyl groups is 1. The van der Waals surface area contributed by atoms with E-state index in [-0.39, 0.29) is 68.3 Å². The van der Waals surface area contributed by atoms with Crippen molar-refractivity contribution in [3.8, 4) is 5.75 Å². The zero-order valence-electron chi connectivity index (χ0n) is 30.4. The minimum atomic E-state index is -0.912. The maximum Gasteiger partial charge on any atom is 0.246 e. The van der Waals surface area contributed by atoms with Crippen molar-refractivity contribution in [2.24, 2.45) is 0 Å². The topological polar surface area (TPSA) is 107 Å². The van der Waals surface area contributed by atoms with Gasteiger partial charge in [-0.1, -0.05) is 55.5 Å². The number of aromatic nitrogens is 1. The number of piperazine rings is 2. The summed E-state index contributed by atoms with van der Waals surface area (Å²) >= 11 is 0. The second-order valence-electron chi connectivity index (χ2n) is 14.4. The van der Waals surface area contributed by atoms with Crippen LogP contribution in [0.3, 0.4) is 0 Å². The summed E-state index contributed by atoms with van der Waals surface area (Å²) in [5.74, 6) is -0.733. The zero-order valence-corrected chi connectivity index (χ0v) is 30.4. The average molecular weight is 725 g/mol. The summed E-state index contributed by atoms with van der Waals surface area (Å²) in [6.07, 6.45) is 1.81. The molecule has 7 rings (SSSR count). The molecule has 0 saturated carbocycles. The average Bonchev–Trinajstić information content (AvgIpc) is 3.14. The predicted octanol–water partition coefficient (Wildman–Crippen LogP) is 2.74. The van der Waals surface area contributed by atoms with Crippen LogP contribution in [0.15, 0.2) is 79.4 Å². The number of phenols is 1. The third-order valence-electron chi connectivity index (χ3n) is 11.0. The fourth-order valence-corrected chi connectivity index (χ4v) is 8.05. The molecule has 280 valence electrons. The molecular weight excluding hydrogens is 675 g/mol. The van der Waals surface area contributed by atoms with Gasteiger partial charge in [-0.05, 0) is 48.4 Å². The van der Waals surface area contributed by atoms with Crippen molar-refractivity contribution in [2.75, 3.05) is 70.3 Å². The second-order valence-corrected chi connectivity index (χ2v) is 14.4. The van der Waals surface area contributed by atoms with Gasteiger partial charge in [-0.2, -0.15) is 0 Å². The van der Waals surface area contributed by atoms with E-state index in [1.54, 1.807) is 56.2 Å². The van der Waals surface area contributed by atoms with Gasteiger partial charge in [0.05, 0.1) is 25.3 Å². The van der Waals surface area contributed by atoms with Crippen LogP contribution in [0.2, 0.25) is 0 Å². The number of nitrogens with zero attached hydrogens (tertiary/aromatic N) is 8. The first-order chi connectivity index (χ1) is 25.7. The molecule has 3 aromatic rings. The van der Waals surface area contributed by atoms with Crippen LogP contribution >= 0.6 is 0 Å². The summed E-state index contributed by atoms with van der Waals surface area (Å²) in [6.45, 7) is 12.9. The molecule has 5 heterocycles. The molecular formula is C40H49FN8O4. The maximum absolute atomic E-state index is 15.3. The predicted molar refractivity (Wildman–Crippen MR) is 199 cm³/mol. The van der Waals surface area contributed by atoms with Crippen LogP contribution in [0.25, 0.3) is 0 Å². The number of hydrogen-bond donors (Lipinski definition) is 1. The smallest absolute Gasteiger partial charge is 0.246 e. The third-order valence-corrected chi connectivity index (χ3v) is 11.0. The van der Waals surface area contributed by atoms with Crippen molar-refractivity contribution in [2.45, 2.75) is 51.0 Å². The highest BCUT2D eigenvalue weighted by molar-refractivity contribution is 5.92. The van der Waals surface area contributed by atoms with Crippen LogP contribution in [-0.4, -0.2) is 141 Å². The number of amides is 3. The van der Waals surface area contributed by atoms with Crippen LogP contribution in [0, 0.1) is 5.82 Å². The Bertz CT molecular complexity index is 1780. The Hall–Kier alpha value is -4.85. The molecule has 13 heteroatoms. The molecule has 4 aliphatic rings. The van der Waals surface area contributed by atoms with Gasteiger partial charge >= 0.3 is 0 Å². The molecule has 2 atom stereocenters. The lowest BCUT2D eigenvalue weighted by molar-refractivity contribution is -0.205. The van der Waals surface area contributed by atoms with Crippen molar-refractivity contribution in [3.05, 3.63) is 102 Å². The number of fused-ring (bicyclic) bond motifs is 1. The van der Waals surface area contributed by atoms with Crippen molar-refractivity contribution >= 4 is 23.5 Å². The Labute approximate surface area is 310 Å². The van der Waals surface area contributed by atoms with Crippen LogP contribution < -0.4 is 4.90 Å². The number of carbonyl (C=O) groups excluding carboxylic acids is 3. The number of pyridine rings is 1. The summed E-state index contributed by atoms with van der Waals surface area (Å²) in [7, 11) is 0. The van der Waals surface area contributed by atoms with Gasteiger partial charge in [0.15, 0.2) is 11.6 Å². The monoisotopic (exact) mass is 724 g/mol. The number of phenolic OH excluding ortho intramolecular Hbond substituents is 1. The largest absolute Gasteiger partial charge is 0.508 e. The van der Waals surface area contributed by atoms with E-state index in [1.807, 2.05) is 35.2 Å². The van der Waals surface area contributed by atoms with Gasteiger partial charge in [-0.3, -0.25) is 19.3 Å². The zero-order chi connectivity index (χ0) is 37.1. The number of hydrogen-bond acceptors (Lipinski definition) is 9. The van der Waals surface area contributed by atoms with Gasteiger partial charge < -0.3 is 24.7 Å². The molecule has 4 fully saturated rings. The molecule has 0 spiro atoms. The van der Waals surface area contributed by atoms with Crippen LogP contribution in [-0.2, 0) is 33.8 Å². The summed E-state index contributed by atoms with van der Waals surface area (Å²) in [6, 6.07) is 18.8. The Morgan fingerprint density at radius 2 is 1.70 bits per heavy atom. The SMILES string of the molecule is C=CCN1CC(=O)N2C(CN(Cc3ccc(F)c(N4CC(N5CCN(CC)CC5)C4)n3)C(=O)[C@@H]2Cc2ccc(O)cc2)N1C(=O)CCc1ccccc1. The number of benzene rings is 2. The lowest BCUT2D eigenvalue weighted by Gasteiger charge is -2.55. The van der Waals surface area contributed by atoms with Gasteiger partial charge in [0.1, 0.15) is 18.0 Å². The molecule has 1 N–H and O–H groups in total. The first-order valence-corrected chi connectivity index (χ1v) is 18.7. The van der Waals surface area contributed by atoms with E-state index >= 15 is 4.39 Å². The fourth-order valence-electron chi connectivity index (χ4n) is 8.05. The highest BCUT2D eigenvalue weighted by Gasteiger charge is 2.51. The standard InChI is InChI=1S/C40H49FN8O4/c1-3-18-47-28-38(52)48-35(23-30-10-14-33(50)15-11-30)40(53)46(27-36(48)49(47)37(51)17-12-29-8-6-5-7-9-29)24-31-13-16-34(41)39(42-31)45-25-32(26-45)44-21-19-43(4-2)20-22-44/h3,5-11,13-16,32,35-36,50H,1,4,12,17-28H2,2H3/t35-,36?/m0/s1. The summed E-state index contributed by atoms with van der Waals surface area (Å²) < 4.78 is 15.3. The minimum absolute atomic E-state index is 0.0608. The number of anilines is 1. The Balaban J connectivity index is 1.14. The van der Waals surface area contributed by atoms with Crippen LogP contribution in [0.4, 0.5) is 10.2 Å². The quantitative estimate of drug-likeness (QED) is 0.283. The number of halogens is 1. The number of aryl methyl sites for hydroxylation is 1. The molecule has 0 radical (unpaired) electrons. The molecule has 1 unspecified atom stereocenters. The van der Waals surface area contributed by atoms with Gasteiger partial charge in [0.25, 0.3) is 0 Å². The van der Waals surface area contributed by atoms with E-state index in [0.717, 1.165) is 43.9 Å². The molecule has 4 saturated heterocycles. The molecule has 0 aliphatic carbocycles. The Kier molecular flexibility index (Phi) is 11.0. The van der Waals surface area contributed by atoms with Gasteiger partial charge in [-0.15, -0.1) is 6.58 Å². The lowest BCUT2D eigenvalue weighted by Crippen LogP contribution is -2.75. The van der Waals surface area contributed by atoms with Crippen LogP contribution in [0.5, 0.6) is 5.75 Å². The fraction of sp³-hybridized carbons (Fsp3) is 0.450. The first kappa shape index (κ1) is 36.5. The van der Waals surface area contributed by atoms with E-state index in [9.17, 15) is 19.5 Å². The van der Waals surface area contributed by atoms with Gasteiger partial charge in [-0.25, -0.2) is 19.4 Å². The molecule has 12 nitrogen and oxygen atoms in total. The number of rotatable bonds is 12. The van der Waals surface area contributed by atoms with Crippen molar-refractivity contribution < 1.29 is 23.9 Å². The highest BCUT2D eigenvalue weighted by Crippen LogP contribution is 2.31. The van der Waals surface area contributed by atoms with Crippen LogP contribution in [0.1, 0.15) is 30.2 Å². The number of carbonyl (C=O) groups is 3. The van der Waals surface area contributed by atoms with E-state index in [4.69, 9.17) is 4.98 Å². The normalized spacial score (nSPS) is 21.8. The van der Waals surface area contributed by atoms with Gasteiger partial charge in [0.2, 0.25) is 17.7 Å². The Morgan fingerprint density at radius 3 is 2.40 bits per heavy atom. The van der Waals surface area contributed by atoms with E-state index in [2.05, 4.69) is 23.3 Å². The molecule has 3 amide bonds. The van der Waals surface area contributed by atoms with Crippen molar-refractivity contribution in [1.82, 2.24) is 34.6 Å². The van der Waals surface area contributed by atoms with Gasteiger partial charge in [0, 0.05) is 64.7 Å².